The number of sulfonamides is 1. The molecule has 0 aliphatic rings. The molecule has 0 aliphatic heterocycles. The van der Waals surface area contributed by atoms with Crippen LogP contribution in [0.5, 0.6) is 0 Å². The standard InChI is InChI=1S/C20H20FN3O2S/c1-15-12-17(21)8-10-19(15)27(25,26)23-20-11-9-18(13-22-20)24(2)14-16-6-4-3-5-7-16/h3-13H,14H2,1-2H3,(H,22,23). The van der Waals surface area contributed by atoms with Crippen LogP contribution in [0.1, 0.15) is 11.1 Å². The van der Waals surface area contributed by atoms with Crippen LogP contribution in [0.15, 0.2) is 71.8 Å². The molecule has 0 bridgehead atoms. The molecular formula is C20H20FN3O2S. The Morgan fingerprint density at radius 1 is 1.07 bits per heavy atom. The normalized spacial score (nSPS) is 11.2. The van der Waals surface area contributed by atoms with Gasteiger partial charge in [0.05, 0.1) is 16.8 Å². The second kappa shape index (κ2) is 7.75. The fraction of sp³-hybridized carbons (Fsp3) is 0.150. The van der Waals surface area contributed by atoms with Crippen LogP contribution in [-0.4, -0.2) is 20.4 Å². The molecule has 0 atom stereocenters. The summed E-state index contributed by atoms with van der Waals surface area (Å²) in [4.78, 5) is 6.24. The number of anilines is 2. The first-order valence-electron chi connectivity index (χ1n) is 8.35. The molecule has 3 aromatic rings. The summed E-state index contributed by atoms with van der Waals surface area (Å²) in [6.45, 7) is 2.26. The molecule has 1 N–H and O–H groups in total. The Balaban J connectivity index is 1.73. The lowest BCUT2D eigenvalue weighted by atomic mass is 10.2. The number of aryl methyl sites for hydroxylation is 1. The van der Waals surface area contributed by atoms with E-state index in [1.165, 1.54) is 12.1 Å². The molecule has 0 aliphatic carbocycles. The minimum absolute atomic E-state index is 0.0240. The average Bonchev–Trinajstić information content (AvgIpc) is 2.62. The molecule has 0 fully saturated rings. The third-order valence-electron chi connectivity index (χ3n) is 4.12. The number of hydrogen-bond acceptors (Lipinski definition) is 4. The zero-order chi connectivity index (χ0) is 19.4. The molecule has 0 radical (unpaired) electrons. The number of nitrogens with zero attached hydrogens (tertiary/aromatic N) is 2. The van der Waals surface area contributed by atoms with E-state index in [-0.39, 0.29) is 10.7 Å². The first-order chi connectivity index (χ1) is 12.8. The number of aromatic nitrogens is 1. The van der Waals surface area contributed by atoms with Crippen LogP contribution in [0.2, 0.25) is 0 Å². The number of benzene rings is 2. The SMILES string of the molecule is Cc1cc(F)ccc1S(=O)(=O)Nc1ccc(N(C)Cc2ccccc2)cn1. The van der Waals surface area contributed by atoms with Gasteiger partial charge in [-0.3, -0.25) is 4.72 Å². The average molecular weight is 385 g/mol. The van der Waals surface area contributed by atoms with Crippen LogP contribution in [-0.2, 0) is 16.6 Å². The summed E-state index contributed by atoms with van der Waals surface area (Å²) < 4.78 is 40.7. The minimum atomic E-state index is -3.84. The van der Waals surface area contributed by atoms with Crippen LogP contribution in [0.3, 0.4) is 0 Å². The molecule has 140 valence electrons. The minimum Gasteiger partial charge on any atom is -0.369 e. The molecule has 2 aromatic carbocycles. The van der Waals surface area contributed by atoms with Crippen molar-refractivity contribution in [1.29, 1.82) is 0 Å². The first kappa shape index (κ1) is 18.8. The van der Waals surface area contributed by atoms with Gasteiger partial charge in [0, 0.05) is 13.6 Å². The number of pyridine rings is 1. The van der Waals surface area contributed by atoms with Crippen molar-refractivity contribution in [1.82, 2.24) is 4.98 Å². The van der Waals surface area contributed by atoms with E-state index in [2.05, 4.69) is 9.71 Å². The largest absolute Gasteiger partial charge is 0.369 e. The monoisotopic (exact) mass is 385 g/mol. The third kappa shape index (κ3) is 4.62. The van der Waals surface area contributed by atoms with Crippen LogP contribution in [0.25, 0.3) is 0 Å². The maximum absolute atomic E-state index is 13.2. The Morgan fingerprint density at radius 3 is 2.44 bits per heavy atom. The lowest BCUT2D eigenvalue weighted by Gasteiger charge is -2.19. The van der Waals surface area contributed by atoms with Gasteiger partial charge in [-0.25, -0.2) is 17.8 Å². The van der Waals surface area contributed by atoms with Crippen molar-refractivity contribution < 1.29 is 12.8 Å². The molecule has 0 spiro atoms. The van der Waals surface area contributed by atoms with Gasteiger partial charge in [-0.1, -0.05) is 30.3 Å². The molecule has 7 heteroatoms. The van der Waals surface area contributed by atoms with E-state index in [0.29, 0.717) is 12.1 Å². The summed E-state index contributed by atoms with van der Waals surface area (Å²) in [5, 5.41) is 0. The summed E-state index contributed by atoms with van der Waals surface area (Å²) in [5.41, 5.74) is 2.36. The lowest BCUT2D eigenvalue weighted by Crippen LogP contribution is -2.18. The molecule has 0 saturated heterocycles. The quantitative estimate of drug-likeness (QED) is 0.698. The molecule has 5 nitrogen and oxygen atoms in total. The van der Waals surface area contributed by atoms with Gasteiger partial charge in [-0.05, 0) is 48.4 Å². The van der Waals surface area contributed by atoms with Gasteiger partial charge in [0.1, 0.15) is 11.6 Å². The summed E-state index contributed by atoms with van der Waals surface area (Å²) in [6, 6.07) is 17.0. The Bertz CT molecular complexity index is 1020. The lowest BCUT2D eigenvalue weighted by molar-refractivity contribution is 0.598. The topological polar surface area (TPSA) is 62.3 Å². The van der Waals surface area contributed by atoms with E-state index >= 15 is 0 Å². The summed E-state index contributed by atoms with van der Waals surface area (Å²) in [6.07, 6.45) is 1.61. The van der Waals surface area contributed by atoms with Gasteiger partial charge >= 0.3 is 0 Å². The van der Waals surface area contributed by atoms with Crippen LogP contribution in [0.4, 0.5) is 15.9 Å². The maximum atomic E-state index is 13.2. The fourth-order valence-corrected chi connectivity index (χ4v) is 3.96. The van der Waals surface area contributed by atoms with Crippen molar-refractivity contribution in [3.8, 4) is 0 Å². The first-order valence-corrected chi connectivity index (χ1v) is 9.83. The number of rotatable bonds is 6. The van der Waals surface area contributed by atoms with Crippen molar-refractivity contribution in [2.45, 2.75) is 18.4 Å². The molecular weight excluding hydrogens is 365 g/mol. The summed E-state index contributed by atoms with van der Waals surface area (Å²) >= 11 is 0. The highest BCUT2D eigenvalue weighted by molar-refractivity contribution is 7.92. The molecule has 0 amide bonds. The van der Waals surface area contributed by atoms with Gasteiger partial charge in [0.25, 0.3) is 10.0 Å². The number of nitrogens with one attached hydrogen (secondary N) is 1. The molecule has 0 saturated carbocycles. The molecule has 27 heavy (non-hydrogen) atoms. The zero-order valence-electron chi connectivity index (χ0n) is 15.1. The maximum Gasteiger partial charge on any atom is 0.263 e. The van der Waals surface area contributed by atoms with Gasteiger partial charge in [0.15, 0.2) is 0 Å². The van der Waals surface area contributed by atoms with Crippen molar-refractivity contribution in [2.24, 2.45) is 0 Å². The van der Waals surface area contributed by atoms with Crippen molar-refractivity contribution in [3.63, 3.8) is 0 Å². The molecule has 3 rings (SSSR count). The molecule has 1 heterocycles. The Kier molecular flexibility index (Phi) is 5.41. The predicted octanol–water partition coefficient (Wildman–Crippen LogP) is 3.97. The van der Waals surface area contributed by atoms with Gasteiger partial charge in [-0.15, -0.1) is 0 Å². The summed E-state index contributed by atoms with van der Waals surface area (Å²) in [7, 11) is -1.89. The second-order valence-electron chi connectivity index (χ2n) is 6.26. The summed E-state index contributed by atoms with van der Waals surface area (Å²) in [5.74, 6) is -0.272. The van der Waals surface area contributed by atoms with Crippen LogP contribution >= 0.6 is 0 Å². The highest BCUT2D eigenvalue weighted by Gasteiger charge is 2.18. The van der Waals surface area contributed by atoms with Crippen LogP contribution in [0, 0.1) is 12.7 Å². The molecule has 1 aromatic heterocycles. The Morgan fingerprint density at radius 2 is 1.81 bits per heavy atom. The Labute approximate surface area is 158 Å². The predicted molar refractivity (Wildman–Crippen MR) is 105 cm³/mol. The van der Waals surface area contributed by atoms with Crippen molar-refractivity contribution in [3.05, 3.63) is 83.8 Å². The number of hydrogen-bond donors (Lipinski definition) is 1. The van der Waals surface area contributed by atoms with E-state index in [1.807, 2.05) is 42.3 Å². The van der Waals surface area contributed by atoms with E-state index < -0.39 is 15.8 Å². The smallest absolute Gasteiger partial charge is 0.263 e. The zero-order valence-corrected chi connectivity index (χ0v) is 15.9. The van der Waals surface area contributed by atoms with Gasteiger partial charge < -0.3 is 4.90 Å². The fourth-order valence-electron chi connectivity index (χ4n) is 2.73. The third-order valence-corrected chi connectivity index (χ3v) is 5.63. The molecule has 0 unspecified atom stereocenters. The Hall–Kier alpha value is -2.93. The van der Waals surface area contributed by atoms with Gasteiger partial charge in [-0.2, -0.15) is 0 Å². The van der Waals surface area contributed by atoms with E-state index in [9.17, 15) is 12.8 Å². The number of halogens is 1. The van der Waals surface area contributed by atoms with Crippen LogP contribution < -0.4 is 9.62 Å². The highest BCUT2D eigenvalue weighted by Crippen LogP contribution is 2.21. The van der Waals surface area contributed by atoms with E-state index in [1.54, 1.807) is 25.3 Å². The van der Waals surface area contributed by atoms with Gasteiger partial charge in [0.2, 0.25) is 0 Å². The van der Waals surface area contributed by atoms with Crippen molar-refractivity contribution >= 4 is 21.5 Å². The highest BCUT2D eigenvalue weighted by atomic mass is 32.2. The van der Waals surface area contributed by atoms with E-state index in [0.717, 1.165) is 17.3 Å². The van der Waals surface area contributed by atoms with E-state index in [4.69, 9.17) is 0 Å². The second-order valence-corrected chi connectivity index (χ2v) is 7.91. The van der Waals surface area contributed by atoms with Crippen molar-refractivity contribution in [2.75, 3.05) is 16.7 Å².